The van der Waals surface area contributed by atoms with E-state index in [4.69, 9.17) is 4.42 Å². The Morgan fingerprint density at radius 3 is 2.50 bits per heavy atom. The molecule has 4 nitrogen and oxygen atoms in total. The van der Waals surface area contributed by atoms with E-state index in [1.807, 2.05) is 55.5 Å². The van der Waals surface area contributed by atoms with Crippen LogP contribution in [0, 0.1) is 12.7 Å². The van der Waals surface area contributed by atoms with Gasteiger partial charge in [-0.1, -0.05) is 40.2 Å². The minimum absolute atomic E-state index is 0.00599. The summed E-state index contributed by atoms with van der Waals surface area (Å²) in [4.78, 5) is 28.4. The van der Waals surface area contributed by atoms with Crippen LogP contribution in [0.2, 0.25) is 0 Å². The maximum atomic E-state index is 13.8. The van der Waals surface area contributed by atoms with E-state index in [0.29, 0.717) is 5.69 Å². The molecule has 0 saturated carbocycles. The fraction of sp³-hybridized carbons (Fsp3) is 0.0833. The Morgan fingerprint density at radius 2 is 1.77 bits per heavy atom. The summed E-state index contributed by atoms with van der Waals surface area (Å²) in [7, 11) is 0. The summed E-state index contributed by atoms with van der Waals surface area (Å²) in [5.41, 5.74) is 2.42. The van der Waals surface area contributed by atoms with Crippen LogP contribution < -0.4 is 10.3 Å². The van der Waals surface area contributed by atoms with Crippen molar-refractivity contribution in [3.63, 3.8) is 0 Å². The van der Waals surface area contributed by atoms with Crippen molar-refractivity contribution in [3.8, 4) is 0 Å². The fourth-order valence-electron chi connectivity index (χ4n) is 3.95. The smallest absolute Gasteiger partial charge is 0.295 e. The van der Waals surface area contributed by atoms with Gasteiger partial charge in [0.25, 0.3) is 5.91 Å². The molecule has 1 amide bonds. The molecule has 1 aliphatic heterocycles. The molecule has 0 fully saturated rings. The molecule has 6 heteroatoms. The van der Waals surface area contributed by atoms with Gasteiger partial charge in [0, 0.05) is 10.2 Å². The zero-order valence-corrected chi connectivity index (χ0v) is 17.4. The first-order valence-electron chi connectivity index (χ1n) is 9.36. The summed E-state index contributed by atoms with van der Waals surface area (Å²) in [6.07, 6.45) is 0. The Bertz CT molecular complexity index is 1380. The second-order valence-corrected chi connectivity index (χ2v) is 8.20. The topological polar surface area (TPSA) is 50.5 Å². The average Bonchev–Trinajstić information content (AvgIpc) is 3.02. The number of hydrogen-bond donors (Lipinski definition) is 0. The van der Waals surface area contributed by atoms with Crippen molar-refractivity contribution in [3.05, 3.63) is 110 Å². The Labute approximate surface area is 179 Å². The minimum Gasteiger partial charge on any atom is -0.450 e. The van der Waals surface area contributed by atoms with Crippen molar-refractivity contribution < 1.29 is 13.6 Å². The number of rotatable bonds is 2. The number of carbonyl (C=O) groups is 1. The van der Waals surface area contributed by atoms with Crippen LogP contribution in [0.1, 0.15) is 33.3 Å². The van der Waals surface area contributed by atoms with Crippen LogP contribution in [0.5, 0.6) is 0 Å². The van der Waals surface area contributed by atoms with Gasteiger partial charge in [-0.25, -0.2) is 4.39 Å². The summed E-state index contributed by atoms with van der Waals surface area (Å²) in [6, 6.07) is 18.0. The summed E-state index contributed by atoms with van der Waals surface area (Å²) in [6.45, 7) is 1.94. The number of halogens is 2. The first kappa shape index (κ1) is 18.8. The molecule has 5 rings (SSSR count). The number of aryl methyl sites for hydroxylation is 1. The first-order valence-corrected chi connectivity index (χ1v) is 10.2. The molecule has 30 heavy (non-hydrogen) atoms. The molecule has 1 atom stereocenters. The molecular formula is C24H15BrFNO3. The molecule has 0 saturated heterocycles. The lowest BCUT2D eigenvalue weighted by molar-refractivity contribution is 0.0971. The zero-order chi connectivity index (χ0) is 21.0. The predicted octanol–water partition coefficient (Wildman–Crippen LogP) is 5.75. The molecule has 0 aliphatic carbocycles. The Balaban J connectivity index is 1.83. The van der Waals surface area contributed by atoms with Crippen LogP contribution in [-0.2, 0) is 0 Å². The van der Waals surface area contributed by atoms with Gasteiger partial charge in [-0.05, 0) is 60.5 Å². The average molecular weight is 464 g/mol. The summed E-state index contributed by atoms with van der Waals surface area (Å²) >= 11 is 3.42. The van der Waals surface area contributed by atoms with Gasteiger partial charge in [0.05, 0.1) is 17.0 Å². The van der Waals surface area contributed by atoms with Crippen LogP contribution in [-0.4, -0.2) is 5.91 Å². The third kappa shape index (κ3) is 2.87. The van der Waals surface area contributed by atoms with E-state index in [1.165, 1.54) is 12.1 Å². The standard InChI is InChI=1S/C24H15BrFNO3/c1-13-3-2-4-17(11-13)27-21(14-5-7-15(25)8-6-14)20-22(28)18-12-16(26)9-10-19(18)30-23(20)24(27)29/h2-12,21H,1H3. The molecule has 4 aromatic rings. The van der Waals surface area contributed by atoms with Gasteiger partial charge < -0.3 is 4.42 Å². The van der Waals surface area contributed by atoms with Crippen LogP contribution in [0.25, 0.3) is 11.0 Å². The molecule has 1 aliphatic rings. The first-order chi connectivity index (χ1) is 14.4. The van der Waals surface area contributed by atoms with Crippen molar-refractivity contribution in [2.75, 3.05) is 4.90 Å². The lowest BCUT2D eigenvalue weighted by Crippen LogP contribution is -2.29. The molecule has 0 bridgehead atoms. The lowest BCUT2D eigenvalue weighted by Gasteiger charge is -2.25. The molecular weight excluding hydrogens is 449 g/mol. The number of hydrogen-bond acceptors (Lipinski definition) is 3. The second-order valence-electron chi connectivity index (χ2n) is 7.28. The number of fused-ring (bicyclic) bond motifs is 2. The van der Waals surface area contributed by atoms with E-state index < -0.39 is 23.2 Å². The fourth-order valence-corrected chi connectivity index (χ4v) is 4.21. The highest BCUT2D eigenvalue weighted by Crippen LogP contribution is 2.41. The highest BCUT2D eigenvalue weighted by molar-refractivity contribution is 9.10. The number of anilines is 1. The van der Waals surface area contributed by atoms with Gasteiger partial charge in [0.2, 0.25) is 5.76 Å². The van der Waals surface area contributed by atoms with Gasteiger partial charge in [-0.15, -0.1) is 0 Å². The maximum absolute atomic E-state index is 13.8. The van der Waals surface area contributed by atoms with Crippen LogP contribution in [0.15, 0.2) is 80.4 Å². The van der Waals surface area contributed by atoms with Gasteiger partial charge in [0.1, 0.15) is 11.4 Å². The van der Waals surface area contributed by atoms with E-state index in [9.17, 15) is 14.0 Å². The molecule has 0 radical (unpaired) electrons. The van der Waals surface area contributed by atoms with Crippen molar-refractivity contribution in [1.82, 2.24) is 0 Å². The van der Waals surface area contributed by atoms with Crippen LogP contribution >= 0.6 is 15.9 Å². The number of nitrogens with zero attached hydrogens (tertiary/aromatic N) is 1. The minimum atomic E-state index is -0.675. The van der Waals surface area contributed by atoms with Crippen molar-refractivity contribution in [2.24, 2.45) is 0 Å². The Morgan fingerprint density at radius 1 is 1.00 bits per heavy atom. The second kappa shape index (κ2) is 6.92. The lowest BCUT2D eigenvalue weighted by atomic mass is 9.98. The molecule has 2 heterocycles. The number of amides is 1. The van der Waals surface area contributed by atoms with E-state index in [-0.39, 0.29) is 22.3 Å². The quantitative estimate of drug-likeness (QED) is 0.380. The molecule has 1 unspecified atom stereocenters. The van der Waals surface area contributed by atoms with E-state index in [0.717, 1.165) is 21.7 Å². The zero-order valence-electron chi connectivity index (χ0n) is 15.9. The van der Waals surface area contributed by atoms with E-state index in [1.54, 1.807) is 4.90 Å². The van der Waals surface area contributed by atoms with Crippen molar-refractivity contribution in [2.45, 2.75) is 13.0 Å². The van der Waals surface area contributed by atoms with Gasteiger partial charge in [-0.3, -0.25) is 14.5 Å². The van der Waals surface area contributed by atoms with E-state index in [2.05, 4.69) is 15.9 Å². The molecule has 0 N–H and O–H groups in total. The third-order valence-corrected chi connectivity index (χ3v) is 5.83. The van der Waals surface area contributed by atoms with E-state index >= 15 is 0 Å². The third-order valence-electron chi connectivity index (χ3n) is 5.30. The summed E-state index contributed by atoms with van der Waals surface area (Å²) < 4.78 is 20.6. The predicted molar refractivity (Wildman–Crippen MR) is 116 cm³/mol. The van der Waals surface area contributed by atoms with Crippen molar-refractivity contribution in [1.29, 1.82) is 0 Å². The SMILES string of the molecule is Cc1cccc(N2C(=O)c3oc4ccc(F)cc4c(=O)c3C2c2ccc(Br)cc2)c1. The van der Waals surface area contributed by atoms with Gasteiger partial charge in [0.15, 0.2) is 5.43 Å². The van der Waals surface area contributed by atoms with Gasteiger partial charge >= 0.3 is 0 Å². The molecule has 1 aromatic heterocycles. The number of carbonyl (C=O) groups excluding carboxylic acids is 1. The Kier molecular flexibility index (Phi) is 4.33. The maximum Gasteiger partial charge on any atom is 0.295 e. The van der Waals surface area contributed by atoms with Crippen LogP contribution in [0.4, 0.5) is 10.1 Å². The largest absolute Gasteiger partial charge is 0.450 e. The highest BCUT2D eigenvalue weighted by Gasteiger charge is 2.43. The molecule has 3 aromatic carbocycles. The normalized spacial score (nSPS) is 15.6. The van der Waals surface area contributed by atoms with Gasteiger partial charge in [-0.2, -0.15) is 0 Å². The monoisotopic (exact) mass is 463 g/mol. The Hall–Kier alpha value is -3.25. The van der Waals surface area contributed by atoms with Crippen molar-refractivity contribution >= 4 is 38.5 Å². The highest BCUT2D eigenvalue weighted by atomic mass is 79.9. The van der Waals surface area contributed by atoms with Crippen LogP contribution in [0.3, 0.4) is 0 Å². The summed E-state index contributed by atoms with van der Waals surface area (Å²) in [5, 5.41) is 0.120. The summed E-state index contributed by atoms with van der Waals surface area (Å²) in [5.74, 6) is -0.935. The molecule has 0 spiro atoms. The molecule has 148 valence electrons. The number of benzene rings is 3.